The van der Waals surface area contributed by atoms with Crippen molar-refractivity contribution in [2.45, 2.75) is 46.6 Å². The molecule has 0 atom stereocenters. The van der Waals surface area contributed by atoms with Crippen molar-refractivity contribution in [1.29, 1.82) is 0 Å². The smallest absolute Gasteiger partial charge is 0.257 e. The molecule has 1 heterocycles. The number of carbonyl (C=O) groups is 1. The summed E-state index contributed by atoms with van der Waals surface area (Å²) in [4.78, 5) is 25.0. The number of nitrogens with one attached hydrogen (secondary N) is 1. The molecule has 29 heavy (non-hydrogen) atoms. The Hall–Kier alpha value is -3.14. The third kappa shape index (κ3) is 5.44. The molecule has 4 heteroatoms. The third-order valence-corrected chi connectivity index (χ3v) is 5.12. The minimum Gasteiger partial charge on any atom is -0.322 e. The van der Waals surface area contributed by atoms with Crippen molar-refractivity contribution >= 4 is 11.6 Å². The lowest BCUT2D eigenvalue weighted by atomic mass is 10.1. The maximum atomic E-state index is 12.7. The van der Waals surface area contributed by atoms with Gasteiger partial charge >= 0.3 is 0 Å². The van der Waals surface area contributed by atoms with Gasteiger partial charge in [0, 0.05) is 18.0 Å². The van der Waals surface area contributed by atoms with Gasteiger partial charge in [-0.25, -0.2) is 0 Å². The number of unbranched alkanes of at least 4 members (excludes halogenated alkanes) is 1. The van der Waals surface area contributed by atoms with Gasteiger partial charge in [-0.05, 0) is 61.6 Å². The fourth-order valence-electron chi connectivity index (χ4n) is 3.28. The molecule has 3 rings (SSSR count). The normalized spacial score (nSPS) is 10.7. The van der Waals surface area contributed by atoms with Crippen LogP contribution in [0, 0.1) is 13.8 Å². The van der Waals surface area contributed by atoms with Crippen molar-refractivity contribution < 1.29 is 4.79 Å². The molecule has 1 N–H and O–H groups in total. The van der Waals surface area contributed by atoms with E-state index in [0.29, 0.717) is 12.1 Å². The second kappa shape index (κ2) is 9.37. The maximum Gasteiger partial charge on any atom is 0.257 e. The van der Waals surface area contributed by atoms with Crippen molar-refractivity contribution in [3.8, 4) is 0 Å². The third-order valence-electron chi connectivity index (χ3n) is 5.12. The highest BCUT2D eigenvalue weighted by Crippen LogP contribution is 2.14. The number of pyridine rings is 1. The van der Waals surface area contributed by atoms with E-state index < -0.39 is 0 Å². The standard InChI is InChI=1S/C25H28N2O2/c1-4-5-6-20-9-12-23(13-10-20)26-25(29)21-11-14-24(28)27(16-21)17-22-15-18(2)7-8-19(22)3/h7-16H,4-6,17H2,1-3H3,(H,26,29). The molecule has 1 aromatic heterocycles. The molecular formula is C25H28N2O2. The van der Waals surface area contributed by atoms with E-state index in [1.54, 1.807) is 16.8 Å². The summed E-state index contributed by atoms with van der Waals surface area (Å²) in [7, 11) is 0. The molecule has 1 amide bonds. The van der Waals surface area contributed by atoms with Crippen LogP contribution in [0.5, 0.6) is 0 Å². The van der Waals surface area contributed by atoms with Crippen LogP contribution in [0.1, 0.15) is 52.4 Å². The summed E-state index contributed by atoms with van der Waals surface area (Å²) in [5.41, 5.74) is 5.71. The monoisotopic (exact) mass is 388 g/mol. The Morgan fingerprint density at radius 2 is 1.76 bits per heavy atom. The summed E-state index contributed by atoms with van der Waals surface area (Å²) in [5, 5.41) is 2.92. The van der Waals surface area contributed by atoms with Crippen LogP contribution in [-0.4, -0.2) is 10.5 Å². The van der Waals surface area contributed by atoms with Gasteiger partial charge in [-0.3, -0.25) is 9.59 Å². The van der Waals surface area contributed by atoms with Crippen LogP contribution in [0.4, 0.5) is 5.69 Å². The van der Waals surface area contributed by atoms with E-state index in [4.69, 9.17) is 0 Å². The van der Waals surface area contributed by atoms with E-state index in [9.17, 15) is 9.59 Å². The number of benzene rings is 2. The van der Waals surface area contributed by atoms with E-state index in [0.717, 1.165) is 41.6 Å². The zero-order valence-corrected chi connectivity index (χ0v) is 17.4. The topological polar surface area (TPSA) is 51.1 Å². The number of aromatic nitrogens is 1. The van der Waals surface area contributed by atoms with Crippen LogP contribution in [0.3, 0.4) is 0 Å². The maximum absolute atomic E-state index is 12.7. The molecule has 0 unspecified atom stereocenters. The number of carbonyl (C=O) groups excluding carboxylic acids is 1. The first-order valence-corrected chi connectivity index (χ1v) is 10.1. The van der Waals surface area contributed by atoms with Crippen LogP contribution in [0.2, 0.25) is 0 Å². The van der Waals surface area contributed by atoms with E-state index in [1.807, 2.05) is 38.1 Å². The van der Waals surface area contributed by atoms with Gasteiger partial charge in [0.2, 0.25) is 0 Å². The molecule has 0 fully saturated rings. The summed E-state index contributed by atoms with van der Waals surface area (Å²) < 4.78 is 1.59. The lowest BCUT2D eigenvalue weighted by Crippen LogP contribution is -2.23. The lowest BCUT2D eigenvalue weighted by Gasteiger charge is -2.12. The highest BCUT2D eigenvalue weighted by Gasteiger charge is 2.10. The number of hydrogen-bond donors (Lipinski definition) is 1. The molecule has 0 spiro atoms. The zero-order chi connectivity index (χ0) is 20.8. The van der Waals surface area contributed by atoms with Gasteiger partial charge in [-0.15, -0.1) is 0 Å². The molecule has 0 saturated heterocycles. The minimum absolute atomic E-state index is 0.122. The van der Waals surface area contributed by atoms with E-state index in [1.165, 1.54) is 11.6 Å². The quantitative estimate of drug-likeness (QED) is 0.611. The van der Waals surface area contributed by atoms with E-state index in [-0.39, 0.29) is 11.5 Å². The first-order valence-electron chi connectivity index (χ1n) is 10.1. The van der Waals surface area contributed by atoms with Crippen molar-refractivity contribution in [2.75, 3.05) is 5.32 Å². The summed E-state index contributed by atoms with van der Waals surface area (Å²) in [6.45, 7) is 6.68. The molecule has 3 aromatic rings. The molecule has 0 aliphatic heterocycles. The summed E-state index contributed by atoms with van der Waals surface area (Å²) in [5.74, 6) is -0.221. The fourth-order valence-corrected chi connectivity index (χ4v) is 3.28. The Bertz CT molecular complexity index is 1050. The van der Waals surface area contributed by atoms with Gasteiger partial charge in [0.1, 0.15) is 0 Å². The Kier molecular flexibility index (Phi) is 6.65. The van der Waals surface area contributed by atoms with Gasteiger partial charge in [0.05, 0.1) is 12.1 Å². The highest BCUT2D eigenvalue weighted by molar-refractivity contribution is 6.04. The highest BCUT2D eigenvalue weighted by atomic mass is 16.2. The van der Waals surface area contributed by atoms with E-state index >= 15 is 0 Å². The summed E-state index contributed by atoms with van der Waals surface area (Å²) in [6.07, 6.45) is 5.01. The first kappa shape index (κ1) is 20.6. The van der Waals surface area contributed by atoms with Crippen LogP contribution in [-0.2, 0) is 13.0 Å². The number of nitrogens with zero attached hydrogens (tertiary/aromatic N) is 1. The van der Waals surface area contributed by atoms with Gasteiger partial charge in [-0.1, -0.05) is 49.2 Å². The molecule has 0 saturated carbocycles. The molecule has 2 aromatic carbocycles. The van der Waals surface area contributed by atoms with Crippen LogP contribution >= 0.6 is 0 Å². The number of hydrogen-bond acceptors (Lipinski definition) is 2. The van der Waals surface area contributed by atoms with Crippen molar-refractivity contribution in [3.63, 3.8) is 0 Å². The van der Waals surface area contributed by atoms with Crippen molar-refractivity contribution in [2.24, 2.45) is 0 Å². The molecule has 4 nitrogen and oxygen atoms in total. The molecular weight excluding hydrogens is 360 g/mol. The number of amides is 1. The SMILES string of the molecule is CCCCc1ccc(NC(=O)c2ccc(=O)n(Cc3cc(C)ccc3C)c2)cc1. The van der Waals surface area contributed by atoms with E-state index in [2.05, 4.69) is 30.4 Å². The molecule has 150 valence electrons. The van der Waals surface area contributed by atoms with Crippen molar-refractivity contribution in [3.05, 3.63) is 99.0 Å². The zero-order valence-electron chi connectivity index (χ0n) is 17.4. The second-order valence-electron chi connectivity index (χ2n) is 7.57. The molecule has 0 bridgehead atoms. The fraction of sp³-hybridized carbons (Fsp3) is 0.280. The van der Waals surface area contributed by atoms with Crippen molar-refractivity contribution in [1.82, 2.24) is 4.57 Å². The number of aryl methyl sites for hydroxylation is 3. The number of anilines is 1. The van der Waals surface area contributed by atoms with Crippen LogP contribution < -0.4 is 10.9 Å². The number of rotatable bonds is 7. The Balaban J connectivity index is 1.75. The van der Waals surface area contributed by atoms with Gasteiger partial charge in [-0.2, -0.15) is 0 Å². The average Bonchev–Trinajstić information content (AvgIpc) is 2.71. The molecule has 0 aliphatic carbocycles. The molecule has 0 aliphatic rings. The lowest BCUT2D eigenvalue weighted by molar-refractivity contribution is 0.102. The average molecular weight is 389 g/mol. The Morgan fingerprint density at radius 3 is 2.48 bits per heavy atom. The minimum atomic E-state index is -0.221. The largest absolute Gasteiger partial charge is 0.322 e. The predicted octanol–water partition coefficient (Wildman–Crippen LogP) is 5.11. The Labute approximate surface area is 172 Å². The van der Waals surface area contributed by atoms with Gasteiger partial charge < -0.3 is 9.88 Å². The summed E-state index contributed by atoms with van der Waals surface area (Å²) in [6, 6.07) is 17.2. The summed E-state index contributed by atoms with van der Waals surface area (Å²) >= 11 is 0. The van der Waals surface area contributed by atoms with Crippen LogP contribution in [0.25, 0.3) is 0 Å². The second-order valence-corrected chi connectivity index (χ2v) is 7.57. The van der Waals surface area contributed by atoms with Crippen LogP contribution in [0.15, 0.2) is 65.6 Å². The van der Waals surface area contributed by atoms with Gasteiger partial charge in [0.25, 0.3) is 11.5 Å². The first-order chi connectivity index (χ1) is 14.0. The Morgan fingerprint density at radius 1 is 1.00 bits per heavy atom. The molecule has 0 radical (unpaired) electrons. The predicted molar refractivity (Wildman–Crippen MR) is 119 cm³/mol. The van der Waals surface area contributed by atoms with Gasteiger partial charge in [0.15, 0.2) is 0 Å².